The molecule has 60 valence electrons. The van der Waals surface area contributed by atoms with Gasteiger partial charge in [0.05, 0.1) is 12.7 Å². The van der Waals surface area contributed by atoms with Crippen LogP contribution in [0, 0.1) is 5.92 Å². The van der Waals surface area contributed by atoms with Crippen LogP contribution in [0.2, 0.25) is 0 Å². The molecule has 0 aromatic heterocycles. The molecule has 0 bridgehead atoms. The van der Waals surface area contributed by atoms with E-state index in [1.165, 1.54) is 0 Å². The second kappa shape index (κ2) is 3.35. The zero-order valence-electron chi connectivity index (χ0n) is 7.13. The van der Waals surface area contributed by atoms with Crippen molar-refractivity contribution in [1.82, 2.24) is 4.90 Å². The molecule has 0 unspecified atom stereocenters. The Bertz CT molecular complexity index is 103. The van der Waals surface area contributed by atoms with E-state index in [-0.39, 0.29) is 0 Å². The molecular formula is C8H17NO. The van der Waals surface area contributed by atoms with Crippen molar-refractivity contribution in [1.29, 1.82) is 0 Å². The Kier molecular flexibility index (Phi) is 2.69. The van der Waals surface area contributed by atoms with Crippen molar-refractivity contribution in [3.8, 4) is 0 Å². The molecule has 0 aromatic rings. The van der Waals surface area contributed by atoms with Crippen LogP contribution in [-0.2, 0) is 4.74 Å². The summed E-state index contributed by atoms with van der Waals surface area (Å²) in [6, 6.07) is 0. The summed E-state index contributed by atoms with van der Waals surface area (Å²) >= 11 is 0. The predicted octanol–water partition coefficient (Wildman–Crippen LogP) is 0.973. The maximum Gasteiger partial charge on any atom is 0.0725 e. The topological polar surface area (TPSA) is 12.5 Å². The number of hydrogen-bond donors (Lipinski definition) is 0. The quantitative estimate of drug-likeness (QED) is 0.542. The number of hydrogen-bond acceptors (Lipinski definition) is 2. The summed E-state index contributed by atoms with van der Waals surface area (Å²) in [4.78, 5) is 2.33. The van der Waals surface area contributed by atoms with Crippen LogP contribution in [0.3, 0.4) is 0 Å². The van der Waals surface area contributed by atoms with E-state index in [0.29, 0.717) is 12.0 Å². The number of nitrogens with zero attached hydrogens (tertiary/aromatic N) is 1. The van der Waals surface area contributed by atoms with Gasteiger partial charge in [-0.3, -0.25) is 0 Å². The minimum Gasteiger partial charge on any atom is -0.375 e. The highest BCUT2D eigenvalue weighted by molar-refractivity contribution is 4.70. The molecule has 1 saturated heterocycles. The van der Waals surface area contributed by atoms with Crippen LogP contribution in [0.25, 0.3) is 0 Å². The fourth-order valence-electron chi connectivity index (χ4n) is 1.21. The van der Waals surface area contributed by atoms with E-state index in [4.69, 9.17) is 4.74 Å². The van der Waals surface area contributed by atoms with E-state index >= 15 is 0 Å². The SMILES string of the molecule is CC(C)[C@@H]1CN(C)CCO1. The Hall–Kier alpha value is -0.0800. The van der Waals surface area contributed by atoms with Crippen LogP contribution in [0.15, 0.2) is 0 Å². The molecule has 0 aromatic carbocycles. The summed E-state index contributed by atoms with van der Waals surface area (Å²) in [5, 5.41) is 0. The Morgan fingerprint density at radius 3 is 2.60 bits per heavy atom. The molecule has 0 amide bonds. The van der Waals surface area contributed by atoms with Gasteiger partial charge in [0.25, 0.3) is 0 Å². The maximum atomic E-state index is 5.57. The van der Waals surface area contributed by atoms with Crippen molar-refractivity contribution in [2.75, 3.05) is 26.7 Å². The van der Waals surface area contributed by atoms with Gasteiger partial charge in [-0.2, -0.15) is 0 Å². The van der Waals surface area contributed by atoms with E-state index in [2.05, 4.69) is 25.8 Å². The number of ether oxygens (including phenoxy) is 1. The fourth-order valence-corrected chi connectivity index (χ4v) is 1.21. The highest BCUT2D eigenvalue weighted by Crippen LogP contribution is 2.11. The first kappa shape index (κ1) is 8.02. The van der Waals surface area contributed by atoms with Crippen molar-refractivity contribution in [2.24, 2.45) is 5.92 Å². The van der Waals surface area contributed by atoms with Crippen molar-refractivity contribution in [2.45, 2.75) is 20.0 Å². The first-order valence-electron chi connectivity index (χ1n) is 4.00. The minimum atomic E-state index is 0.457. The number of likely N-dealkylation sites (N-methyl/N-ethyl adjacent to an activating group) is 1. The lowest BCUT2D eigenvalue weighted by atomic mass is 10.1. The summed E-state index contributed by atoms with van der Waals surface area (Å²) in [7, 11) is 2.15. The molecule has 10 heavy (non-hydrogen) atoms. The van der Waals surface area contributed by atoms with Crippen LogP contribution < -0.4 is 0 Å². The minimum absolute atomic E-state index is 0.457. The summed E-state index contributed by atoms with van der Waals surface area (Å²) < 4.78 is 5.57. The van der Waals surface area contributed by atoms with Crippen molar-refractivity contribution in [3.05, 3.63) is 0 Å². The van der Waals surface area contributed by atoms with E-state index in [9.17, 15) is 0 Å². The molecular weight excluding hydrogens is 126 g/mol. The summed E-state index contributed by atoms with van der Waals surface area (Å²) in [6.07, 6.45) is 0.457. The van der Waals surface area contributed by atoms with Crippen LogP contribution in [0.1, 0.15) is 13.8 Å². The van der Waals surface area contributed by atoms with Gasteiger partial charge in [-0.25, -0.2) is 0 Å². The maximum absolute atomic E-state index is 5.57. The molecule has 0 saturated carbocycles. The van der Waals surface area contributed by atoms with Crippen molar-refractivity contribution >= 4 is 0 Å². The van der Waals surface area contributed by atoms with Gasteiger partial charge in [0.1, 0.15) is 0 Å². The molecule has 1 atom stereocenters. The van der Waals surface area contributed by atoms with Gasteiger partial charge in [0.15, 0.2) is 0 Å². The monoisotopic (exact) mass is 143 g/mol. The third kappa shape index (κ3) is 1.96. The number of rotatable bonds is 1. The lowest BCUT2D eigenvalue weighted by molar-refractivity contribution is -0.0424. The molecule has 1 heterocycles. The number of morpholine rings is 1. The standard InChI is InChI=1S/C8H17NO/c1-7(2)8-6-9(3)4-5-10-8/h7-8H,4-6H2,1-3H3/t8-/m0/s1. The molecule has 1 aliphatic heterocycles. The van der Waals surface area contributed by atoms with E-state index in [0.717, 1.165) is 19.7 Å². The molecule has 0 radical (unpaired) electrons. The Labute approximate surface area is 63.2 Å². The third-order valence-electron chi connectivity index (χ3n) is 2.04. The van der Waals surface area contributed by atoms with Crippen molar-refractivity contribution < 1.29 is 4.74 Å². The average Bonchev–Trinajstić information content (AvgIpc) is 1.88. The molecule has 0 aliphatic carbocycles. The molecule has 2 nitrogen and oxygen atoms in total. The van der Waals surface area contributed by atoms with Gasteiger partial charge in [-0.05, 0) is 13.0 Å². The Balaban J connectivity index is 2.32. The average molecular weight is 143 g/mol. The second-order valence-corrected chi connectivity index (χ2v) is 3.42. The predicted molar refractivity (Wildman–Crippen MR) is 42.1 cm³/mol. The summed E-state index contributed by atoms with van der Waals surface area (Å²) in [6.45, 7) is 7.51. The van der Waals surface area contributed by atoms with Crippen LogP contribution >= 0.6 is 0 Å². The molecule has 0 N–H and O–H groups in total. The van der Waals surface area contributed by atoms with Crippen molar-refractivity contribution in [3.63, 3.8) is 0 Å². The zero-order chi connectivity index (χ0) is 7.56. The van der Waals surface area contributed by atoms with Gasteiger partial charge >= 0.3 is 0 Å². The first-order valence-corrected chi connectivity index (χ1v) is 4.00. The normalized spacial score (nSPS) is 29.4. The largest absolute Gasteiger partial charge is 0.375 e. The summed E-state index contributed by atoms with van der Waals surface area (Å²) in [5.41, 5.74) is 0. The molecule has 0 spiro atoms. The van der Waals surface area contributed by atoms with Gasteiger partial charge < -0.3 is 9.64 Å². The highest BCUT2D eigenvalue weighted by Gasteiger charge is 2.19. The van der Waals surface area contributed by atoms with Gasteiger partial charge in [-0.1, -0.05) is 13.8 Å². The first-order chi connectivity index (χ1) is 4.70. The van der Waals surface area contributed by atoms with E-state index < -0.39 is 0 Å². The lowest BCUT2D eigenvalue weighted by Crippen LogP contribution is -2.42. The molecule has 1 aliphatic rings. The third-order valence-corrected chi connectivity index (χ3v) is 2.04. The highest BCUT2D eigenvalue weighted by atomic mass is 16.5. The molecule has 1 fully saturated rings. The van der Waals surface area contributed by atoms with Crippen LogP contribution in [0.5, 0.6) is 0 Å². The Morgan fingerprint density at radius 1 is 1.50 bits per heavy atom. The van der Waals surface area contributed by atoms with E-state index in [1.807, 2.05) is 0 Å². The lowest BCUT2D eigenvalue weighted by Gasteiger charge is -2.32. The van der Waals surface area contributed by atoms with Gasteiger partial charge in [-0.15, -0.1) is 0 Å². The fraction of sp³-hybridized carbons (Fsp3) is 1.00. The van der Waals surface area contributed by atoms with Crippen LogP contribution in [0.4, 0.5) is 0 Å². The zero-order valence-corrected chi connectivity index (χ0v) is 7.13. The van der Waals surface area contributed by atoms with E-state index in [1.54, 1.807) is 0 Å². The second-order valence-electron chi connectivity index (χ2n) is 3.42. The summed E-state index contributed by atoms with van der Waals surface area (Å²) in [5.74, 6) is 0.655. The molecule has 1 rings (SSSR count). The Morgan fingerprint density at radius 2 is 2.20 bits per heavy atom. The molecule has 2 heteroatoms. The van der Waals surface area contributed by atoms with Gasteiger partial charge in [0, 0.05) is 13.1 Å². The van der Waals surface area contributed by atoms with Gasteiger partial charge in [0.2, 0.25) is 0 Å². The smallest absolute Gasteiger partial charge is 0.0725 e. The van der Waals surface area contributed by atoms with Crippen LogP contribution in [-0.4, -0.2) is 37.7 Å².